The number of hydrogen-bond donors (Lipinski definition) is 5. The van der Waals surface area contributed by atoms with Crippen LogP contribution in [0.1, 0.15) is 51.9 Å². The molecule has 0 saturated carbocycles. The molecule has 4 heterocycles. The molecule has 0 aliphatic heterocycles. The third kappa shape index (κ3) is 15.6. The second-order valence-electron chi connectivity index (χ2n) is 22.3. The number of H-pyrrole nitrogens is 2. The Hall–Kier alpha value is -12.0. The van der Waals surface area contributed by atoms with Gasteiger partial charge >= 0.3 is 17.9 Å². The van der Waals surface area contributed by atoms with Gasteiger partial charge in [0.2, 0.25) is 23.0 Å². The van der Waals surface area contributed by atoms with Crippen molar-refractivity contribution < 1.29 is 38.4 Å². The lowest BCUT2D eigenvalue weighted by atomic mass is 10.1. The molecule has 0 amide bonds. The molecule has 20 nitrogen and oxygen atoms in total. The highest BCUT2D eigenvalue weighted by atomic mass is 35.5. The summed E-state index contributed by atoms with van der Waals surface area (Å²) >= 11 is 0. The quantitative estimate of drug-likeness (QED) is 0.0385. The Balaban J connectivity index is 0.000000143. The number of carboxylic acid groups (broad SMARTS) is 1. The molecule has 0 radical (unpaired) electrons. The van der Waals surface area contributed by atoms with E-state index in [9.17, 15) is 29.1 Å². The van der Waals surface area contributed by atoms with Crippen molar-refractivity contribution >= 4 is 89.9 Å². The number of fused-ring (bicyclic) bond motifs is 5. The number of hydrazine groups is 1. The van der Waals surface area contributed by atoms with Crippen molar-refractivity contribution in [1.82, 2.24) is 39.1 Å². The SMILES string of the molecule is CC(C)(Oc1ccnn1-c1cccc2ccccc12)C(=O)O.CCOC(=O)C(C)(C)Oc1ccnn1-c1cccc2ccccc12.CCOC(=O)c1c[nH]n(-c2cccc3ccccc23)c1=O.Cl.NNc1cccc2ccccc12.O=c1cc[nH]n1-c1cccc2ccccc12. The number of nitrogens with zero attached hydrogens (tertiary/aromatic N) is 6. The molecule has 14 aromatic rings. The number of benzene rings is 10. The van der Waals surface area contributed by atoms with Gasteiger partial charge in [0, 0.05) is 57.5 Å². The lowest BCUT2D eigenvalue weighted by molar-refractivity contribution is -0.159. The van der Waals surface area contributed by atoms with Gasteiger partial charge in [-0.05, 0) is 98.8 Å². The molecule has 488 valence electrons. The third-order valence-corrected chi connectivity index (χ3v) is 15.1. The maximum Gasteiger partial charge on any atom is 0.349 e. The van der Waals surface area contributed by atoms with Crippen LogP contribution in [0.25, 0.3) is 76.6 Å². The highest BCUT2D eigenvalue weighted by molar-refractivity contribution is 5.95. The standard InChI is InChI=1S/C19H20N2O3.C17H16N2O3.C16H14N2O3.C13H10N2O.C10H10N2.ClH/c1-4-23-18(22)19(2,3)24-17-12-13-20-21(17)16-11-7-9-14-8-5-6-10-15(14)16;1-17(2,16(20)21)22-15-10-11-18-19(15)14-9-5-7-12-6-3-4-8-13(12)14;1-2-21-16(20)13-10-17-18(15(13)19)14-9-5-7-11-6-3-4-8-12(11)14;16-13-8-9-14-15(13)12-7-3-5-10-4-1-2-6-11(10)12;11-12-10-7-3-5-8-4-1-2-6-9(8)10;/h5-13H,4H2,1-3H3;3-11H,1-2H3,(H,20,21);3-10,17H,2H2,1H3;1-9,14H;1-7,12H,11H2;1H. The topological polar surface area (TPSA) is 258 Å². The van der Waals surface area contributed by atoms with E-state index in [0.717, 1.165) is 71.2 Å². The molecule has 6 N–H and O–H groups in total. The van der Waals surface area contributed by atoms with Crippen LogP contribution < -0.4 is 31.9 Å². The van der Waals surface area contributed by atoms with Crippen LogP contribution in [0, 0.1) is 0 Å². The number of carbonyl (C=O) groups is 3. The van der Waals surface area contributed by atoms with Crippen molar-refractivity contribution in [2.75, 3.05) is 18.6 Å². The second-order valence-corrected chi connectivity index (χ2v) is 22.3. The van der Waals surface area contributed by atoms with Gasteiger partial charge in [0.1, 0.15) is 5.56 Å². The van der Waals surface area contributed by atoms with Gasteiger partial charge in [0.25, 0.3) is 11.1 Å². The normalized spacial score (nSPS) is 10.9. The minimum absolute atomic E-state index is 0. The summed E-state index contributed by atoms with van der Waals surface area (Å²) in [5, 5.41) is 34.4. The monoisotopic (exact) mass is 1310 g/mol. The zero-order valence-corrected chi connectivity index (χ0v) is 54.3. The van der Waals surface area contributed by atoms with Crippen molar-refractivity contribution in [3.8, 4) is 34.5 Å². The molecule has 10 aromatic carbocycles. The van der Waals surface area contributed by atoms with Crippen molar-refractivity contribution in [3.05, 3.63) is 282 Å². The van der Waals surface area contributed by atoms with Gasteiger partial charge in [-0.2, -0.15) is 10.2 Å². The molecule has 0 unspecified atom stereocenters. The summed E-state index contributed by atoms with van der Waals surface area (Å²) in [4.78, 5) is 59.0. The largest absolute Gasteiger partial charge is 0.478 e. The predicted octanol–water partition coefficient (Wildman–Crippen LogP) is 14.4. The number of aliphatic carboxylic acids is 1. The van der Waals surface area contributed by atoms with E-state index < -0.39 is 34.7 Å². The lowest BCUT2D eigenvalue weighted by Gasteiger charge is -2.24. The molecule has 14 rings (SSSR count). The minimum atomic E-state index is -1.33. The number of carboxylic acids is 1. The van der Waals surface area contributed by atoms with Crippen LogP contribution >= 0.6 is 12.4 Å². The molecule has 0 saturated heterocycles. The molecular weight excluding hydrogens is 1240 g/mol. The van der Waals surface area contributed by atoms with Crippen molar-refractivity contribution in [3.63, 3.8) is 0 Å². The summed E-state index contributed by atoms with van der Waals surface area (Å²) in [5.41, 5.74) is 4.08. The fourth-order valence-corrected chi connectivity index (χ4v) is 10.4. The van der Waals surface area contributed by atoms with E-state index in [-0.39, 0.29) is 30.1 Å². The molecule has 96 heavy (non-hydrogen) atoms. The highest BCUT2D eigenvalue weighted by Gasteiger charge is 2.33. The number of carbonyl (C=O) groups excluding carboxylic acids is 2. The Morgan fingerprint density at radius 2 is 0.865 bits per heavy atom. The van der Waals surface area contributed by atoms with Crippen LogP contribution in [0.4, 0.5) is 5.69 Å². The third-order valence-electron chi connectivity index (χ3n) is 15.1. The Labute approximate surface area is 558 Å². The van der Waals surface area contributed by atoms with E-state index in [0.29, 0.717) is 24.1 Å². The number of nitrogen functional groups attached to an aromatic ring is 1. The molecule has 4 aromatic heterocycles. The first-order valence-corrected chi connectivity index (χ1v) is 30.5. The van der Waals surface area contributed by atoms with E-state index in [4.69, 9.17) is 24.8 Å². The highest BCUT2D eigenvalue weighted by Crippen LogP contribution is 2.31. The predicted molar refractivity (Wildman–Crippen MR) is 379 cm³/mol. The Kier molecular flexibility index (Phi) is 22.1. The molecule has 0 aliphatic carbocycles. The van der Waals surface area contributed by atoms with Gasteiger partial charge in [-0.15, -0.1) is 12.4 Å². The second kappa shape index (κ2) is 31.1. The molecule has 21 heteroatoms. The number of aromatic amines is 2. The van der Waals surface area contributed by atoms with Gasteiger partial charge < -0.3 is 29.5 Å². The van der Waals surface area contributed by atoms with E-state index in [1.54, 1.807) is 72.5 Å². The summed E-state index contributed by atoms with van der Waals surface area (Å²) < 4.78 is 27.7. The molecule has 0 bridgehead atoms. The van der Waals surface area contributed by atoms with E-state index in [1.165, 1.54) is 36.2 Å². The van der Waals surface area contributed by atoms with Crippen LogP contribution in [-0.4, -0.2) is 86.6 Å². The van der Waals surface area contributed by atoms with E-state index in [1.807, 2.05) is 200 Å². The number of ether oxygens (including phenoxy) is 4. The fraction of sp³-hybridized carbons (Fsp3) is 0.133. The number of hydrogen-bond acceptors (Lipinski definition) is 13. The Morgan fingerprint density at radius 1 is 0.479 bits per heavy atom. The number of rotatable bonds is 14. The fourth-order valence-electron chi connectivity index (χ4n) is 10.4. The first-order chi connectivity index (χ1) is 46.0. The van der Waals surface area contributed by atoms with Crippen LogP contribution in [0.2, 0.25) is 0 Å². The molecule has 0 fully saturated rings. The number of nitrogens with two attached hydrogens (primary N) is 1. The van der Waals surface area contributed by atoms with E-state index in [2.05, 4.69) is 38.0 Å². The summed E-state index contributed by atoms with van der Waals surface area (Å²) in [5.74, 6) is 4.20. The average Bonchev–Trinajstić information content (AvgIpc) is 1.53. The molecule has 0 atom stereocenters. The lowest BCUT2D eigenvalue weighted by Crippen LogP contribution is -2.40. The average molecular weight is 1310 g/mol. The summed E-state index contributed by atoms with van der Waals surface area (Å²) in [6.45, 7) is 10.4. The number of halogens is 1. The number of nitrogens with one attached hydrogen (secondary N) is 3. The van der Waals surface area contributed by atoms with Gasteiger partial charge in [0.05, 0.1) is 54.0 Å². The van der Waals surface area contributed by atoms with Crippen molar-refractivity contribution in [2.24, 2.45) is 5.84 Å². The first-order valence-electron chi connectivity index (χ1n) is 30.5. The Bertz CT molecular complexity index is 5090. The molecule has 0 spiro atoms. The Morgan fingerprint density at radius 3 is 1.29 bits per heavy atom. The van der Waals surface area contributed by atoms with Gasteiger partial charge in [-0.3, -0.25) is 25.6 Å². The van der Waals surface area contributed by atoms with E-state index >= 15 is 0 Å². The van der Waals surface area contributed by atoms with Crippen LogP contribution in [-0.2, 0) is 19.1 Å². The van der Waals surface area contributed by atoms with Gasteiger partial charge in [0.15, 0.2) is 0 Å². The number of esters is 2. The zero-order valence-electron chi connectivity index (χ0n) is 53.5. The van der Waals surface area contributed by atoms with Crippen LogP contribution in [0.5, 0.6) is 11.8 Å². The van der Waals surface area contributed by atoms with Gasteiger partial charge in [-0.1, -0.05) is 182 Å². The summed E-state index contributed by atoms with van der Waals surface area (Å²) in [7, 11) is 0. The van der Waals surface area contributed by atoms with Crippen molar-refractivity contribution in [2.45, 2.75) is 52.7 Å². The zero-order chi connectivity index (χ0) is 67.1. The maximum absolute atomic E-state index is 12.4. The summed E-state index contributed by atoms with van der Waals surface area (Å²) in [6, 6.07) is 74.3. The maximum atomic E-state index is 12.4. The number of aromatic nitrogens is 8. The van der Waals surface area contributed by atoms with Crippen LogP contribution in [0.3, 0.4) is 0 Å². The number of anilines is 1. The smallest absolute Gasteiger partial charge is 0.349 e. The minimum Gasteiger partial charge on any atom is -0.478 e. The first kappa shape index (κ1) is 68.4. The summed E-state index contributed by atoms with van der Waals surface area (Å²) in [6.07, 6.45) is 6.26. The van der Waals surface area contributed by atoms with Crippen LogP contribution in [0.15, 0.2) is 265 Å². The van der Waals surface area contributed by atoms with Gasteiger partial charge in [-0.25, -0.2) is 33.1 Å². The molecular formula is C75H71ClN10O10. The van der Waals surface area contributed by atoms with Crippen molar-refractivity contribution in [1.29, 1.82) is 0 Å². The molecule has 0 aliphatic rings.